The first-order valence-corrected chi connectivity index (χ1v) is 13.1. The van der Waals surface area contributed by atoms with Gasteiger partial charge in [-0.1, -0.05) is 65.1 Å². The second-order valence-corrected chi connectivity index (χ2v) is 10.5. The summed E-state index contributed by atoms with van der Waals surface area (Å²) in [7, 11) is 0. The van der Waals surface area contributed by atoms with Crippen LogP contribution in [0.3, 0.4) is 0 Å². The highest BCUT2D eigenvalue weighted by molar-refractivity contribution is 6.39. The molecule has 2 heterocycles. The number of anilines is 2. The molecule has 1 unspecified atom stereocenters. The molecular formula is C28H25Cl3N2O3. The molecule has 2 N–H and O–H groups in total. The van der Waals surface area contributed by atoms with Crippen LogP contribution in [0.2, 0.25) is 15.1 Å². The van der Waals surface area contributed by atoms with E-state index in [0.717, 1.165) is 40.8 Å². The van der Waals surface area contributed by atoms with Crippen molar-refractivity contribution in [3.63, 3.8) is 0 Å². The van der Waals surface area contributed by atoms with Crippen molar-refractivity contribution < 1.29 is 14.6 Å². The molecule has 3 aliphatic rings. The maximum Gasteiger partial charge on any atom is 0.188 e. The summed E-state index contributed by atoms with van der Waals surface area (Å²) in [6.07, 6.45) is 3.51. The van der Waals surface area contributed by atoms with Gasteiger partial charge in [-0.05, 0) is 59.0 Å². The van der Waals surface area contributed by atoms with Gasteiger partial charge in [-0.2, -0.15) is 0 Å². The van der Waals surface area contributed by atoms with E-state index in [1.165, 1.54) is 5.57 Å². The van der Waals surface area contributed by atoms with Crippen molar-refractivity contribution in [2.45, 2.75) is 37.9 Å². The second-order valence-electron chi connectivity index (χ2n) is 9.24. The van der Waals surface area contributed by atoms with Gasteiger partial charge in [0.05, 0.1) is 34.6 Å². The van der Waals surface area contributed by atoms with Crippen LogP contribution in [-0.2, 0) is 16.0 Å². The van der Waals surface area contributed by atoms with E-state index in [4.69, 9.17) is 44.3 Å². The molecule has 5 nitrogen and oxygen atoms in total. The lowest BCUT2D eigenvalue weighted by Gasteiger charge is -2.39. The molecule has 0 bridgehead atoms. The lowest BCUT2D eigenvalue weighted by molar-refractivity contribution is -0.159. The third kappa shape index (κ3) is 4.23. The number of halogens is 3. The summed E-state index contributed by atoms with van der Waals surface area (Å²) in [5, 5.41) is 15.8. The molecule has 3 aromatic carbocycles. The molecule has 3 aromatic rings. The Morgan fingerprint density at radius 2 is 1.64 bits per heavy atom. The maximum absolute atomic E-state index is 11.1. The number of para-hydroxylation sites is 1. The third-order valence-electron chi connectivity index (χ3n) is 7.15. The van der Waals surface area contributed by atoms with Gasteiger partial charge in [-0.15, -0.1) is 0 Å². The summed E-state index contributed by atoms with van der Waals surface area (Å²) in [6.45, 7) is 1.73. The standard InChI is InChI=1S/C28H25Cl3N2O3/c29-22-5-2-1-4-19(22)20-14-18(17-8-10-28(11-9-17)35-12-13-36-28)15-25-21(20)16-32-27(34)33(25)26-23(30)6-3-7-24(26)31/h1-8,14-15,27,32,34H,9-13,16H2. The zero-order chi connectivity index (χ0) is 24.9. The van der Waals surface area contributed by atoms with Crippen LogP contribution in [0.1, 0.15) is 30.4 Å². The van der Waals surface area contributed by atoms with E-state index in [9.17, 15) is 5.11 Å². The zero-order valence-electron chi connectivity index (χ0n) is 19.4. The van der Waals surface area contributed by atoms with Crippen LogP contribution in [0.5, 0.6) is 0 Å². The molecule has 0 aromatic heterocycles. The summed E-state index contributed by atoms with van der Waals surface area (Å²) in [5.41, 5.74) is 6.56. The normalized spacial score (nSPS) is 20.9. The Hall–Kier alpha value is -2.09. The van der Waals surface area contributed by atoms with Gasteiger partial charge in [-0.25, -0.2) is 0 Å². The molecule has 1 fully saturated rings. The predicted molar refractivity (Wildman–Crippen MR) is 145 cm³/mol. The van der Waals surface area contributed by atoms with Gasteiger partial charge in [0.25, 0.3) is 0 Å². The molecule has 186 valence electrons. The molecule has 36 heavy (non-hydrogen) atoms. The minimum absolute atomic E-state index is 0.454. The van der Waals surface area contributed by atoms with Crippen molar-refractivity contribution in [2.75, 3.05) is 18.1 Å². The van der Waals surface area contributed by atoms with Gasteiger partial charge in [0.2, 0.25) is 0 Å². The minimum Gasteiger partial charge on any atom is -0.361 e. The topological polar surface area (TPSA) is 54.0 Å². The fourth-order valence-electron chi connectivity index (χ4n) is 5.37. The lowest BCUT2D eigenvalue weighted by Crippen LogP contribution is -2.47. The number of nitrogens with one attached hydrogen (secondary N) is 1. The van der Waals surface area contributed by atoms with Gasteiger partial charge in [0.15, 0.2) is 12.1 Å². The Morgan fingerprint density at radius 3 is 2.33 bits per heavy atom. The van der Waals surface area contributed by atoms with E-state index in [2.05, 4.69) is 23.5 Å². The average Bonchev–Trinajstić information content (AvgIpc) is 3.33. The van der Waals surface area contributed by atoms with E-state index in [1.807, 2.05) is 24.3 Å². The minimum atomic E-state index is -1.01. The third-order valence-corrected chi connectivity index (χ3v) is 8.09. The van der Waals surface area contributed by atoms with Crippen molar-refractivity contribution in [1.29, 1.82) is 0 Å². The monoisotopic (exact) mass is 542 g/mol. The summed E-state index contributed by atoms with van der Waals surface area (Å²) in [5.74, 6) is -0.499. The van der Waals surface area contributed by atoms with Crippen LogP contribution >= 0.6 is 34.8 Å². The van der Waals surface area contributed by atoms with Gasteiger partial charge >= 0.3 is 0 Å². The number of aliphatic hydroxyl groups is 1. The molecular weight excluding hydrogens is 519 g/mol. The Balaban J connectivity index is 1.54. The number of benzene rings is 3. The van der Waals surface area contributed by atoms with Crippen molar-refractivity contribution in [2.24, 2.45) is 0 Å². The van der Waals surface area contributed by atoms with E-state index in [-0.39, 0.29) is 0 Å². The first kappa shape index (κ1) is 24.3. The molecule has 6 rings (SSSR count). The van der Waals surface area contributed by atoms with Gasteiger partial charge in [0.1, 0.15) is 0 Å². The molecule has 2 aliphatic heterocycles. The van der Waals surface area contributed by atoms with Crippen LogP contribution in [0, 0.1) is 0 Å². The highest BCUT2D eigenvalue weighted by Gasteiger charge is 2.38. The molecule has 1 atom stereocenters. The van der Waals surface area contributed by atoms with Crippen LogP contribution in [0.15, 0.2) is 60.7 Å². The number of nitrogens with zero attached hydrogens (tertiary/aromatic N) is 1. The summed E-state index contributed by atoms with van der Waals surface area (Å²) in [6, 6.07) is 17.4. The fourth-order valence-corrected chi connectivity index (χ4v) is 6.19. The number of fused-ring (bicyclic) bond motifs is 1. The van der Waals surface area contributed by atoms with E-state index in [0.29, 0.717) is 46.9 Å². The van der Waals surface area contributed by atoms with Crippen molar-refractivity contribution in [1.82, 2.24) is 5.32 Å². The first-order chi connectivity index (χ1) is 17.5. The molecule has 1 spiro atoms. The molecule has 0 saturated carbocycles. The zero-order valence-corrected chi connectivity index (χ0v) is 21.7. The van der Waals surface area contributed by atoms with Crippen LogP contribution in [0.4, 0.5) is 11.4 Å². The maximum atomic E-state index is 11.1. The van der Waals surface area contributed by atoms with Crippen molar-refractivity contribution in [3.8, 4) is 11.1 Å². The fraction of sp³-hybridized carbons (Fsp3) is 0.286. The molecule has 1 saturated heterocycles. The summed E-state index contributed by atoms with van der Waals surface area (Å²) < 4.78 is 11.8. The molecule has 0 radical (unpaired) electrons. The first-order valence-electron chi connectivity index (χ1n) is 12.0. The number of rotatable bonds is 3. The number of aliphatic hydroxyl groups excluding tert-OH is 1. The quantitative estimate of drug-likeness (QED) is 0.368. The SMILES string of the molecule is OC1NCc2c(-c3ccccc3Cl)cc(C3=CCC4(CC3)OCCO4)cc2N1c1c(Cl)cccc1Cl. The highest BCUT2D eigenvalue weighted by atomic mass is 35.5. The predicted octanol–water partition coefficient (Wildman–Crippen LogP) is 7.14. The summed E-state index contributed by atoms with van der Waals surface area (Å²) in [4.78, 5) is 1.77. The Kier molecular flexibility index (Phi) is 6.51. The lowest BCUT2D eigenvalue weighted by atomic mass is 9.86. The Labute approximate surface area is 225 Å². The van der Waals surface area contributed by atoms with Crippen LogP contribution in [0.25, 0.3) is 16.7 Å². The largest absolute Gasteiger partial charge is 0.361 e. The van der Waals surface area contributed by atoms with Crippen LogP contribution < -0.4 is 10.2 Å². The second kappa shape index (κ2) is 9.66. The van der Waals surface area contributed by atoms with E-state index < -0.39 is 12.1 Å². The molecule has 1 aliphatic carbocycles. The number of ether oxygens (including phenoxy) is 2. The number of hydrogen-bond acceptors (Lipinski definition) is 5. The van der Waals surface area contributed by atoms with E-state index in [1.54, 1.807) is 23.1 Å². The molecule has 0 amide bonds. The highest BCUT2D eigenvalue weighted by Crippen LogP contribution is 2.47. The average molecular weight is 544 g/mol. The van der Waals surface area contributed by atoms with Gasteiger partial charge in [0, 0.05) is 30.0 Å². The van der Waals surface area contributed by atoms with E-state index >= 15 is 0 Å². The van der Waals surface area contributed by atoms with Gasteiger partial charge in [-0.3, -0.25) is 10.2 Å². The Bertz CT molecular complexity index is 1330. The molecule has 8 heteroatoms. The van der Waals surface area contributed by atoms with Gasteiger partial charge < -0.3 is 14.6 Å². The van der Waals surface area contributed by atoms with Crippen molar-refractivity contribution >= 4 is 51.8 Å². The Morgan fingerprint density at radius 1 is 0.917 bits per heavy atom. The van der Waals surface area contributed by atoms with Crippen molar-refractivity contribution in [3.05, 3.63) is 86.9 Å². The smallest absolute Gasteiger partial charge is 0.188 e. The summed E-state index contributed by atoms with van der Waals surface area (Å²) >= 11 is 19.9. The number of allylic oxidation sites excluding steroid dienone is 1. The van der Waals surface area contributed by atoms with Crippen LogP contribution in [-0.4, -0.2) is 30.5 Å². The number of hydrogen-bond donors (Lipinski definition) is 2.